The van der Waals surface area contributed by atoms with Crippen molar-refractivity contribution in [3.05, 3.63) is 72.6 Å². The first kappa shape index (κ1) is 28.7. The summed E-state index contributed by atoms with van der Waals surface area (Å²) in [6.07, 6.45) is 7.14. The number of H-pyrrole nitrogens is 2. The number of imidazole rings is 2. The molecule has 10 heteroatoms. The summed E-state index contributed by atoms with van der Waals surface area (Å²) in [4.78, 5) is 43.3. The van der Waals surface area contributed by atoms with Gasteiger partial charge < -0.3 is 30.2 Å². The highest BCUT2D eigenvalue weighted by atomic mass is 16.5. The highest BCUT2D eigenvalue weighted by molar-refractivity contribution is 5.86. The molecule has 10 nitrogen and oxygen atoms in total. The normalized spacial score (nSPS) is 19.1. The number of carbonyl (C=O) groups excluding carboxylic acids is 2. The third-order valence-electron chi connectivity index (χ3n) is 8.55. The van der Waals surface area contributed by atoms with E-state index in [-0.39, 0.29) is 17.9 Å². The van der Waals surface area contributed by atoms with E-state index in [0.717, 1.165) is 71.1 Å². The Bertz CT molecular complexity index is 1550. The van der Waals surface area contributed by atoms with Crippen molar-refractivity contribution in [1.29, 1.82) is 0 Å². The van der Waals surface area contributed by atoms with Crippen molar-refractivity contribution in [3.8, 4) is 33.6 Å². The van der Waals surface area contributed by atoms with Crippen molar-refractivity contribution in [2.75, 3.05) is 20.2 Å². The molecule has 0 aliphatic carbocycles. The quantitative estimate of drug-likeness (QED) is 0.214. The van der Waals surface area contributed by atoms with Crippen LogP contribution in [-0.4, -0.2) is 63.1 Å². The summed E-state index contributed by atoms with van der Waals surface area (Å²) < 4.78 is 4.74. The molecule has 3 atom stereocenters. The van der Waals surface area contributed by atoms with Crippen LogP contribution in [0, 0.1) is 5.92 Å². The van der Waals surface area contributed by atoms with Gasteiger partial charge in [0.05, 0.1) is 43.0 Å². The van der Waals surface area contributed by atoms with Crippen molar-refractivity contribution >= 4 is 12.0 Å². The average Bonchev–Trinajstić information content (AvgIpc) is 3.86. The second-order valence-electron chi connectivity index (χ2n) is 11.7. The van der Waals surface area contributed by atoms with E-state index >= 15 is 0 Å². The number of methoxy groups -OCH3 is 1. The number of benzene rings is 2. The largest absolute Gasteiger partial charge is 0.453 e. The molecule has 2 fully saturated rings. The zero-order chi connectivity index (χ0) is 29.9. The Morgan fingerprint density at radius 1 is 0.860 bits per heavy atom. The van der Waals surface area contributed by atoms with Crippen LogP contribution in [0.1, 0.15) is 63.3 Å². The van der Waals surface area contributed by atoms with Crippen LogP contribution in [0.15, 0.2) is 60.9 Å². The van der Waals surface area contributed by atoms with Gasteiger partial charge in [-0.3, -0.25) is 4.79 Å². The van der Waals surface area contributed by atoms with Gasteiger partial charge in [0.15, 0.2) is 0 Å². The summed E-state index contributed by atoms with van der Waals surface area (Å²) in [6.45, 7) is 5.50. The van der Waals surface area contributed by atoms with Gasteiger partial charge in [-0.1, -0.05) is 62.4 Å². The number of carbonyl (C=O) groups is 2. The third-order valence-corrected chi connectivity index (χ3v) is 8.55. The molecule has 224 valence electrons. The fourth-order valence-corrected chi connectivity index (χ4v) is 6.11. The van der Waals surface area contributed by atoms with Crippen molar-refractivity contribution in [2.45, 2.75) is 57.7 Å². The van der Waals surface area contributed by atoms with E-state index in [1.165, 1.54) is 13.5 Å². The molecule has 4 N–H and O–H groups in total. The lowest BCUT2D eigenvalue weighted by atomic mass is 10.0. The number of ether oxygens (including phenoxy) is 1. The number of nitrogens with one attached hydrogen (secondary N) is 4. The zero-order valence-corrected chi connectivity index (χ0v) is 24.9. The smallest absolute Gasteiger partial charge is 0.407 e. The molecule has 2 aromatic carbocycles. The lowest BCUT2D eigenvalue weighted by Crippen LogP contribution is -2.51. The van der Waals surface area contributed by atoms with Crippen LogP contribution in [0.3, 0.4) is 0 Å². The molecule has 4 heterocycles. The maximum Gasteiger partial charge on any atom is 0.407 e. The lowest BCUT2D eigenvalue weighted by Gasteiger charge is -2.30. The van der Waals surface area contributed by atoms with E-state index < -0.39 is 12.1 Å². The molecule has 2 saturated heterocycles. The van der Waals surface area contributed by atoms with Crippen LogP contribution in [0.4, 0.5) is 4.79 Å². The molecular weight excluding hydrogens is 542 g/mol. The summed E-state index contributed by atoms with van der Waals surface area (Å²) in [5.41, 5.74) is 6.33. The Morgan fingerprint density at radius 3 is 2.00 bits per heavy atom. The molecule has 0 bridgehead atoms. The predicted octanol–water partition coefficient (Wildman–Crippen LogP) is 5.60. The molecule has 0 spiro atoms. The topological polar surface area (TPSA) is 128 Å². The van der Waals surface area contributed by atoms with Crippen molar-refractivity contribution in [3.63, 3.8) is 0 Å². The summed E-state index contributed by atoms with van der Waals surface area (Å²) in [5.74, 6) is 1.57. The van der Waals surface area contributed by atoms with Crippen LogP contribution in [0.2, 0.25) is 0 Å². The Labute approximate surface area is 251 Å². The van der Waals surface area contributed by atoms with Gasteiger partial charge in [-0.2, -0.15) is 0 Å². The monoisotopic (exact) mass is 581 g/mol. The van der Waals surface area contributed by atoms with Gasteiger partial charge in [-0.25, -0.2) is 14.8 Å². The minimum atomic E-state index is -0.657. The SMILES string of the molecule is COC(=O)NC(C(=O)N1CCC[C@H]1c1ncc(-c2ccc(-c3ccc(-c4cnc([C@@H]5CCCN5)[nH]4)cc3)cc2)[nH]1)C(C)C. The van der Waals surface area contributed by atoms with Gasteiger partial charge in [0.2, 0.25) is 5.91 Å². The number of hydrogen-bond acceptors (Lipinski definition) is 6. The number of hydrogen-bond donors (Lipinski definition) is 4. The Kier molecular flexibility index (Phi) is 8.29. The third kappa shape index (κ3) is 6.06. The van der Waals surface area contributed by atoms with E-state index in [1.807, 2.05) is 31.1 Å². The van der Waals surface area contributed by atoms with Gasteiger partial charge in [-0.05, 0) is 60.4 Å². The molecule has 4 aromatic rings. The van der Waals surface area contributed by atoms with Crippen LogP contribution >= 0.6 is 0 Å². The number of aromatic amines is 2. The number of alkyl carbamates (subject to hydrolysis) is 1. The molecule has 2 aromatic heterocycles. The zero-order valence-electron chi connectivity index (χ0n) is 24.9. The van der Waals surface area contributed by atoms with Gasteiger partial charge in [0, 0.05) is 6.54 Å². The standard InChI is InChI=1S/C33H39N7O3/c1-20(2)29(39-33(42)43-3)32(41)40-17-5-7-28(40)31-36-19-27(38-31)24-14-10-22(11-15-24)21-8-12-23(13-9-21)26-18-35-30(37-26)25-6-4-16-34-25/h8-15,18-20,25,28-29,34H,4-7,16-17H2,1-3H3,(H,35,37)(H,36,38)(H,39,42)/t25-,28-,29?/m0/s1. The Morgan fingerprint density at radius 2 is 1.44 bits per heavy atom. The van der Waals surface area contributed by atoms with E-state index in [9.17, 15) is 9.59 Å². The molecule has 1 unspecified atom stereocenters. The molecular formula is C33H39N7O3. The minimum Gasteiger partial charge on any atom is -0.453 e. The first-order valence-corrected chi connectivity index (χ1v) is 15.1. The lowest BCUT2D eigenvalue weighted by molar-refractivity contribution is -0.135. The van der Waals surface area contributed by atoms with E-state index in [0.29, 0.717) is 12.6 Å². The Hall–Kier alpha value is -4.44. The summed E-state index contributed by atoms with van der Waals surface area (Å²) in [7, 11) is 1.30. The van der Waals surface area contributed by atoms with Gasteiger partial charge in [0.25, 0.3) is 0 Å². The molecule has 6 rings (SSSR count). The van der Waals surface area contributed by atoms with Crippen molar-refractivity contribution in [1.82, 2.24) is 35.5 Å². The first-order chi connectivity index (χ1) is 20.9. The molecule has 43 heavy (non-hydrogen) atoms. The second kappa shape index (κ2) is 12.4. The highest BCUT2D eigenvalue weighted by Crippen LogP contribution is 2.33. The van der Waals surface area contributed by atoms with Gasteiger partial charge >= 0.3 is 6.09 Å². The fraction of sp³-hybridized carbons (Fsp3) is 0.394. The van der Waals surface area contributed by atoms with Crippen LogP contribution in [-0.2, 0) is 9.53 Å². The summed E-state index contributed by atoms with van der Waals surface area (Å²) in [5, 5.41) is 6.19. The maximum atomic E-state index is 13.4. The number of amides is 2. The first-order valence-electron chi connectivity index (χ1n) is 15.1. The molecule has 2 aliphatic rings. The van der Waals surface area contributed by atoms with Crippen LogP contribution < -0.4 is 10.6 Å². The number of nitrogens with zero attached hydrogens (tertiary/aromatic N) is 3. The van der Waals surface area contributed by atoms with E-state index in [2.05, 4.69) is 79.1 Å². The van der Waals surface area contributed by atoms with Crippen LogP contribution in [0.25, 0.3) is 33.6 Å². The van der Waals surface area contributed by atoms with Crippen molar-refractivity contribution in [2.24, 2.45) is 5.92 Å². The predicted molar refractivity (Wildman–Crippen MR) is 165 cm³/mol. The van der Waals surface area contributed by atoms with E-state index in [4.69, 9.17) is 4.74 Å². The minimum absolute atomic E-state index is 0.0767. The maximum absolute atomic E-state index is 13.4. The Balaban J connectivity index is 1.13. The molecule has 2 aliphatic heterocycles. The number of rotatable bonds is 8. The van der Waals surface area contributed by atoms with Crippen molar-refractivity contribution < 1.29 is 14.3 Å². The van der Waals surface area contributed by atoms with Crippen LogP contribution in [0.5, 0.6) is 0 Å². The summed E-state index contributed by atoms with van der Waals surface area (Å²) in [6, 6.07) is 16.4. The average molecular weight is 582 g/mol. The van der Waals surface area contributed by atoms with E-state index in [1.54, 1.807) is 0 Å². The summed E-state index contributed by atoms with van der Waals surface area (Å²) >= 11 is 0. The van der Waals surface area contributed by atoms with Gasteiger partial charge in [0.1, 0.15) is 17.7 Å². The number of aromatic nitrogens is 4. The molecule has 0 saturated carbocycles. The number of likely N-dealkylation sites (tertiary alicyclic amines) is 1. The van der Waals surface area contributed by atoms with Gasteiger partial charge in [-0.15, -0.1) is 0 Å². The molecule has 0 radical (unpaired) electrons. The molecule has 2 amide bonds. The highest BCUT2D eigenvalue weighted by Gasteiger charge is 2.37. The fourth-order valence-electron chi connectivity index (χ4n) is 6.11. The second-order valence-corrected chi connectivity index (χ2v) is 11.7.